The predicted molar refractivity (Wildman–Crippen MR) is 82.6 cm³/mol. The molecule has 1 aromatic carbocycles. The number of nitrogens with one attached hydrogen (secondary N) is 1. The minimum Gasteiger partial charge on any atom is -0.397 e. The first-order valence-corrected chi connectivity index (χ1v) is 8.22. The summed E-state index contributed by atoms with van der Waals surface area (Å²) in [4.78, 5) is 0.0436. The number of hydrogen-bond acceptors (Lipinski definition) is 6. The summed E-state index contributed by atoms with van der Waals surface area (Å²) in [7, 11) is -2.09. The number of benzene rings is 1. The molecule has 5 N–H and O–H groups in total. The van der Waals surface area contributed by atoms with Gasteiger partial charge in [-0.05, 0) is 31.0 Å². The monoisotopic (exact) mass is 317 g/mol. The Balaban J connectivity index is 2.35. The number of unbranched alkanes of at least 4 members (excludes halogenated alkanes) is 1. The third-order valence-corrected chi connectivity index (χ3v) is 3.73. The second-order valence-corrected chi connectivity index (χ2v) is 6.09. The minimum absolute atomic E-state index is 0.0436. The van der Waals surface area contributed by atoms with Crippen molar-refractivity contribution in [3.05, 3.63) is 18.2 Å². The highest BCUT2D eigenvalue weighted by Crippen LogP contribution is 2.22. The molecule has 0 heterocycles. The Morgan fingerprint density at radius 1 is 1.19 bits per heavy atom. The number of nitrogens with two attached hydrogens (primary N) is 2. The molecule has 0 atom stereocenters. The van der Waals surface area contributed by atoms with Crippen molar-refractivity contribution in [2.45, 2.75) is 17.7 Å². The van der Waals surface area contributed by atoms with Crippen molar-refractivity contribution in [2.75, 3.05) is 44.5 Å². The Bertz CT molecular complexity index is 534. The van der Waals surface area contributed by atoms with E-state index in [2.05, 4.69) is 5.32 Å². The highest BCUT2D eigenvalue weighted by atomic mass is 32.2. The normalized spacial score (nSPS) is 11.5. The molecule has 0 saturated heterocycles. The highest BCUT2D eigenvalue weighted by molar-refractivity contribution is 7.89. The van der Waals surface area contributed by atoms with Gasteiger partial charge in [-0.15, -0.1) is 0 Å². The van der Waals surface area contributed by atoms with E-state index in [1.54, 1.807) is 7.11 Å². The van der Waals surface area contributed by atoms with E-state index in [0.717, 1.165) is 12.8 Å². The fraction of sp³-hybridized carbons (Fsp3) is 0.538. The van der Waals surface area contributed by atoms with Gasteiger partial charge in [0.05, 0.1) is 29.5 Å². The average molecular weight is 317 g/mol. The lowest BCUT2D eigenvalue weighted by Crippen LogP contribution is -2.13. The van der Waals surface area contributed by atoms with E-state index in [9.17, 15) is 8.42 Å². The fourth-order valence-corrected chi connectivity index (χ4v) is 2.20. The molecule has 1 aromatic rings. The van der Waals surface area contributed by atoms with E-state index in [1.807, 2.05) is 0 Å². The van der Waals surface area contributed by atoms with E-state index in [1.165, 1.54) is 18.2 Å². The molecule has 0 bridgehead atoms. The Morgan fingerprint density at radius 2 is 1.95 bits per heavy atom. The van der Waals surface area contributed by atoms with Crippen molar-refractivity contribution < 1.29 is 17.9 Å². The molecule has 0 amide bonds. The summed E-state index contributed by atoms with van der Waals surface area (Å²) in [5.41, 5.74) is 6.85. The lowest BCUT2D eigenvalue weighted by molar-refractivity contribution is 0.0691. The van der Waals surface area contributed by atoms with Crippen LogP contribution >= 0.6 is 0 Å². The molecule has 0 saturated carbocycles. The zero-order chi connectivity index (χ0) is 15.7. The average Bonchev–Trinajstić information content (AvgIpc) is 2.42. The largest absolute Gasteiger partial charge is 0.397 e. The number of hydrogen-bond donors (Lipinski definition) is 3. The number of ether oxygens (including phenoxy) is 2. The molecule has 1 rings (SSSR count). The smallest absolute Gasteiger partial charge is 0.238 e. The first-order chi connectivity index (χ1) is 9.95. The Labute approximate surface area is 125 Å². The van der Waals surface area contributed by atoms with Gasteiger partial charge in [0.1, 0.15) is 0 Å². The van der Waals surface area contributed by atoms with Crippen LogP contribution in [0, 0.1) is 0 Å². The summed E-state index contributed by atoms with van der Waals surface area (Å²) in [5.74, 6) is 0. The molecule has 21 heavy (non-hydrogen) atoms. The summed E-state index contributed by atoms with van der Waals surface area (Å²) in [6, 6.07) is 4.36. The van der Waals surface area contributed by atoms with Gasteiger partial charge in [-0.25, -0.2) is 13.6 Å². The van der Waals surface area contributed by atoms with Crippen molar-refractivity contribution in [1.29, 1.82) is 0 Å². The van der Waals surface area contributed by atoms with Gasteiger partial charge in [-0.1, -0.05) is 0 Å². The van der Waals surface area contributed by atoms with Crippen LogP contribution in [0.5, 0.6) is 0 Å². The molecule has 0 radical (unpaired) electrons. The molecular weight excluding hydrogens is 294 g/mol. The summed E-state index contributed by atoms with van der Waals surface area (Å²) < 4.78 is 32.8. The molecule has 0 aliphatic heterocycles. The zero-order valence-electron chi connectivity index (χ0n) is 12.2. The molecule has 0 aliphatic carbocycles. The van der Waals surface area contributed by atoms with Gasteiger partial charge < -0.3 is 20.5 Å². The van der Waals surface area contributed by atoms with Crippen LogP contribution in [0.3, 0.4) is 0 Å². The first-order valence-electron chi connectivity index (χ1n) is 6.68. The molecule has 0 unspecified atom stereocenters. The Kier molecular flexibility index (Phi) is 7.44. The van der Waals surface area contributed by atoms with Crippen LogP contribution in [0.25, 0.3) is 0 Å². The van der Waals surface area contributed by atoms with Crippen LogP contribution in [0.4, 0.5) is 11.4 Å². The topological polar surface area (TPSA) is 117 Å². The maximum Gasteiger partial charge on any atom is 0.238 e. The SMILES string of the molecule is COCCOCCCCNc1cc(S(N)(=O)=O)ccc1N. The number of sulfonamides is 1. The lowest BCUT2D eigenvalue weighted by Gasteiger charge is -2.10. The quantitative estimate of drug-likeness (QED) is 0.433. The van der Waals surface area contributed by atoms with E-state index >= 15 is 0 Å². The van der Waals surface area contributed by atoms with Crippen LogP contribution in [0.1, 0.15) is 12.8 Å². The summed E-state index contributed by atoms with van der Waals surface area (Å²) in [5, 5.41) is 8.19. The second kappa shape index (κ2) is 8.83. The zero-order valence-corrected chi connectivity index (χ0v) is 13.0. The summed E-state index contributed by atoms with van der Waals surface area (Å²) in [6.45, 7) is 2.52. The molecule has 7 nitrogen and oxygen atoms in total. The van der Waals surface area contributed by atoms with E-state index in [4.69, 9.17) is 20.3 Å². The standard InChI is InChI=1S/C13H23N3O4S/c1-19-8-9-20-7-3-2-6-16-13-10-11(21(15,17)18)4-5-12(13)14/h4-5,10,16H,2-3,6-9,14H2,1H3,(H2,15,17,18). The maximum atomic E-state index is 11.3. The molecular formula is C13H23N3O4S. The van der Waals surface area contributed by atoms with Crippen molar-refractivity contribution >= 4 is 21.4 Å². The van der Waals surface area contributed by atoms with Gasteiger partial charge in [0.15, 0.2) is 0 Å². The van der Waals surface area contributed by atoms with Crippen molar-refractivity contribution in [2.24, 2.45) is 5.14 Å². The van der Waals surface area contributed by atoms with Gasteiger partial charge in [0.25, 0.3) is 0 Å². The van der Waals surface area contributed by atoms with Gasteiger partial charge in [0.2, 0.25) is 10.0 Å². The summed E-state index contributed by atoms with van der Waals surface area (Å²) >= 11 is 0. The second-order valence-electron chi connectivity index (χ2n) is 4.53. The summed E-state index contributed by atoms with van der Waals surface area (Å²) in [6.07, 6.45) is 1.78. The number of rotatable bonds is 10. The van der Waals surface area contributed by atoms with E-state index < -0.39 is 10.0 Å². The molecule has 0 aliphatic rings. The van der Waals surface area contributed by atoms with Crippen LogP contribution < -0.4 is 16.2 Å². The lowest BCUT2D eigenvalue weighted by atomic mass is 10.2. The third kappa shape index (κ3) is 6.76. The van der Waals surface area contributed by atoms with Crippen LogP contribution in [0.15, 0.2) is 23.1 Å². The molecule has 8 heteroatoms. The first kappa shape index (κ1) is 17.7. The Hall–Kier alpha value is -1.35. The Morgan fingerprint density at radius 3 is 2.62 bits per heavy atom. The van der Waals surface area contributed by atoms with Crippen molar-refractivity contribution in [3.63, 3.8) is 0 Å². The van der Waals surface area contributed by atoms with Crippen LogP contribution in [0.2, 0.25) is 0 Å². The van der Waals surface area contributed by atoms with E-state index in [-0.39, 0.29) is 4.90 Å². The third-order valence-electron chi connectivity index (χ3n) is 2.82. The van der Waals surface area contributed by atoms with Crippen molar-refractivity contribution in [3.8, 4) is 0 Å². The number of nitrogen functional groups attached to an aromatic ring is 1. The van der Waals surface area contributed by atoms with Crippen LogP contribution in [-0.4, -0.2) is 41.9 Å². The van der Waals surface area contributed by atoms with Gasteiger partial charge in [-0.2, -0.15) is 0 Å². The predicted octanol–water partition coefficient (Wildman–Crippen LogP) is 0.771. The van der Waals surface area contributed by atoms with Crippen LogP contribution in [-0.2, 0) is 19.5 Å². The maximum absolute atomic E-state index is 11.3. The van der Waals surface area contributed by atoms with Gasteiger partial charge in [-0.3, -0.25) is 0 Å². The number of primary sulfonamides is 1. The molecule has 120 valence electrons. The van der Waals surface area contributed by atoms with Gasteiger partial charge >= 0.3 is 0 Å². The highest BCUT2D eigenvalue weighted by Gasteiger charge is 2.09. The molecule has 0 aromatic heterocycles. The van der Waals surface area contributed by atoms with Gasteiger partial charge in [0, 0.05) is 20.3 Å². The fourth-order valence-electron chi connectivity index (χ4n) is 1.66. The minimum atomic E-state index is -3.72. The van der Waals surface area contributed by atoms with Crippen molar-refractivity contribution in [1.82, 2.24) is 0 Å². The van der Waals surface area contributed by atoms with E-state index in [0.29, 0.717) is 37.7 Å². The number of anilines is 2. The molecule has 0 spiro atoms. The molecule has 0 fully saturated rings. The number of methoxy groups -OCH3 is 1.